The lowest BCUT2D eigenvalue weighted by atomic mass is 10.1. The number of carbonyl (C=O) groups excluding carboxylic acids is 1. The monoisotopic (exact) mass is 324 g/mol. The first-order valence-electron chi connectivity index (χ1n) is 8.06. The molecule has 1 aliphatic heterocycles. The number of alkyl halides is 1. The van der Waals surface area contributed by atoms with Gasteiger partial charge in [-0.05, 0) is 31.2 Å². The summed E-state index contributed by atoms with van der Waals surface area (Å²) in [5.41, 5.74) is 4.58. The molecule has 2 rings (SSSR count). The summed E-state index contributed by atoms with van der Waals surface area (Å²) < 4.78 is 5.22. The largest absolute Gasteiger partial charge is 0.446 e. The maximum Gasteiger partial charge on any atom is 0.424 e. The zero-order valence-corrected chi connectivity index (χ0v) is 13.9. The number of amides is 1. The van der Waals surface area contributed by atoms with Crippen LogP contribution in [0.5, 0.6) is 0 Å². The lowest BCUT2D eigenvalue weighted by molar-refractivity contribution is 0.127. The van der Waals surface area contributed by atoms with Gasteiger partial charge in [-0.3, -0.25) is 0 Å². The van der Waals surface area contributed by atoms with Crippen LogP contribution in [0.2, 0.25) is 0 Å². The Morgan fingerprint density at radius 1 is 1.36 bits per heavy atom. The smallest absolute Gasteiger partial charge is 0.424 e. The van der Waals surface area contributed by atoms with Gasteiger partial charge in [0.15, 0.2) is 0 Å². The van der Waals surface area contributed by atoms with Crippen molar-refractivity contribution < 1.29 is 9.53 Å². The molecule has 0 aromatic heterocycles. The van der Waals surface area contributed by atoms with E-state index in [1.54, 1.807) is 5.01 Å². The van der Waals surface area contributed by atoms with Crippen molar-refractivity contribution in [1.82, 2.24) is 10.4 Å². The fourth-order valence-electron chi connectivity index (χ4n) is 2.70. The van der Waals surface area contributed by atoms with Gasteiger partial charge in [-0.2, -0.15) is 0 Å². The number of nitrogens with zero attached hydrogens (tertiary/aromatic N) is 1. The maximum absolute atomic E-state index is 12.0. The zero-order chi connectivity index (χ0) is 15.8. The third-order valence-corrected chi connectivity index (χ3v) is 4.29. The second kappa shape index (κ2) is 9.01. The molecule has 0 spiro atoms. The summed E-state index contributed by atoms with van der Waals surface area (Å²) >= 11 is 5.73. The molecule has 22 heavy (non-hydrogen) atoms. The minimum atomic E-state index is -0.267. The molecule has 1 heterocycles. The van der Waals surface area contributed by atoms with E-state index in [2.05, 4.69) is 24.5 Å². The van der Waals surface area contributed by atoms with Gasteiger partial charge in [0.25, 0.3) is 0 Å². The Morgan fingerprint density at radius 3 is 2.82 bits per heavy atom. The van der Waals surface area contributed by atoms with Crippen LogP contribution in [-0.4, -0.2) is 35.7 Å². The molecule has 122 valence electrons. The summed E-state index contributed by atoms with van der Waals surface area (Å²) in [5, 5.41) is 1.68. The molecule has 5 heteroatoms. The van der Waals surface area contributed by atoms with Gasteiger partial charge >= 0.3 is 6.09 Å². The summed E-state index contributed by atoms with van der Waals surface area (Å²) in [6.07, 6.45) is 4.61. The number of nitrogens with one attached hydrogen (secondary N) is 1. The zero-order valence-electron chi connectivity index (χ0n) is 13.1. The third kappa shape index (κ3) is 4.89. The van der Waals surface area contributed by atoms with Crippen molar-refractivity contribution in [3.63, 3.8) is 0 Å². The van der Waals surface area contributed by atoms with Crippen molar-refractivity contribution >= 4 is 17.7 Å². The Balaban J connectivity index is 1.92. The molecular weight excluding hydrogens is 300 g/mol. The van der Waals surface area contributed by atoms with Crippen LogP contribution in [-0.2, 0) is 11.2 Å². The fourth-order valence-corrected chi connectivity index (χ4v) is 2.89. The molecule has 0 radical (unpaired) electrons. The number of hydrazine groups is 1. The Labute approximate surface area is 137 Å². The molecule has 2 atom stereocenters. The summed E-state index contributed by atoms with van der Waals surface area (Å²) in [5.74, 6) is 0.693. The predicted octanol–water partition coefficient (Wildman–Crippen LogP) is 3.74. The lowest BCUT2D eigenvalue weighted by Crippen LogP contribution is -2.50. The summed E-state index contributed by atoms with van der Waals surface area (Å²) in [6.45, 7) is 2.57. The maximum atomic E-state index is 12.0. The average Bonchev–Trinajstić information content (AvgIpc) is 2.88. The van der Waals surface area contributed by atoms with E-state index in [-0.39, 0.29) is 18.2 Å². The molecule has 1 aromatic rings. The number of hydrogen-bond donors (Lipinski definition) is 1. The second-order valence-corrected chi connectivity index (χ2v) is 6.09. The number of unbranched alkanes of at least 4 members (excludes halogenated alkanes) is 1. The lowest BCUT2D eigenvalue weighted by Gasteiger charge is -2.27. The molecular formula is C17H25ClN2O2. The number of rotatable bonds is 9. The highest BCUT2D eigenvalue weighted by Crippen LogP contribution is 2.17. The first-order chi connectivity index (χ1) is 10.7. The van der Waals surface area contributed by atoms with Crippen LogP contribution < -0.4 is 5.43 Å². The van der Waals surface area contributed by atoms with E-state index in [1.807, 2.05) is 18.2 Å². The van der Waals surface area contributed by atoms with E-state index in [1.165, 1.54) is 5.56 Å². The molecule has 1 amide bonds. The van der Waals surface area contributed by atoms with Crippen LogP contribution >= 0.6 is 11.6 Å². The Morgan fingerprint density at radius 2 is 2.14 bits per heavy atom. The molecule has 1 N–H and O–H groups in total. The first-order valence-corrected chi connectivity index (χ1v) is 8.60. The van der Waals surface area contributed by atoms with Gasteiger partial charge in [0.1, 0.15) is 6.61 Å². The van der Waals surface area contributed by atoms with E-state index in [0.29, 0.717) is 12.5 Å². The van der Waals surface area contributed by atoms with Crippen molar-refractivity contribution in [2.75, 3.05) is 12.5 Å². The fraction of sp³-hybridized carbons (Fsp3) is 0.588. The third-order valence-electron chi connectivity index (χ3n) is 4.03. The topological polar surface area (TPSA) is 41.6 Å². The SMILES string of the molecule is CC[C@@H](CCCCCl)NN1C(=O)OC[C@@H]1Cc1ccccc1. The molecule has 1 fully saturated rings. The van der Waals surface area contributed by atoms with Crippen molar-refractivity contribution in [2.24, 2.45) is 0 Å². The minimum absolute atomic E-state index is 0.0528. The Bertz CT molecular complexity index is 455. The van der Waals surface area contributed by atoms with Crippen molar-refractivity contribution in [3.8, 4) is 0 Å². The quantitative estimate of drug-likeness (QED) is 0.555. The second-order valence-electron chi connectivity index (χ2n) is 5.71. The number of halogens is 1. The van der Waals surface area contributed by atoms with Crippen molar-refractivity contribution in [1.29, 1.82) is 0 Å². The Kier molecular flexibility index (Phi) is 7.00. The van der Waals surface area contributed by atoms with Crippen LogP contribution in [0.3, 0.4) is 0 Å². The van der Waals surface area contributed by atoms with E-state index < -0.39 is 0 Å². The molecule has 1 aliphatic rings. The van der Waals surface area contributed by atoms with Crippen molar-refractivity contribution in [2.45, 2.75) is 51.1 Å². The number of cyclic esters (lactones) is 1. The molecule has 0 aliphatic carbocycles. The van der Waals surface area contributed by atoms with Crippen LogP contribution in [0.15, 0.2) is 30.3 Å². The normalized spacial score (nSPS) is 19.3. The van der Waals surface area contributed by atoms with Gasteiger partial charge in [-0.15, -0.1) is 11.6 Å². The van der Waals surface area contributed by atoms with E-state index in [4.69, 9.17) is 16.3 Å². The predicted molar refractivity (Wildman–Crippen MR) is 88.9 cm³/mol. The van der Waals surface area contributed by atoms with Crippen molar-refractivity contribution in [3.05, 3.63) is 35.9 Å². The standard InChI is InChI=1S/C17H25ClN2O2/c1-2-15(10-6-7-11-18)19-20-16(13-22-17(20)21)12-14-8-4-3-5-9-14/h3-5,8-9,15-16,19H,2,6-7,10-13H2,1H3/t15-,16-/m0/s1. The number of carbonyl (C=O) groups is 1. The number of ether oxygens (including phenoxy) is 1. The molecule has 1 aromatic carbocycles. The van der Waals surface area contributed by atoms with Crippen LogP contribution in [0.25, 0.3) is 0 Å². The molecule has 0 saturated carbocycles. The summed E-state index contributed by atoms with van der Waals surface area (Å²) in [7, 11) is 0. The molecule has 4 nitrogen and oxygen atoms in total. The van der Waals surface area contributed by atoms with Gasteiger partial charge in [0.2, 0.25) is 0 Å². The Hall–Kier alpha value is -1.26. The molecule has 0 unspecified atom stereocenters. The summed E-state index contributed by atoms with van der Waals surface area (Å²) in [6, 6.07) is 10.5. The van der Waals surface area contributed by atoms with Gasteiger partial charge in [-0.1, -0.05) is 43.7 Å². The highest BCUT2D eigenvalue weighted by molar-refractivity contribution is 6.17. The van der Waals surface area contributed by atoms with E-state index in [0.717, 1.165) is 32.1 Å². The van der Waals surface area contributed by atoms with Gasteiger partial charge in [-0.25, -0.2) is 15.2 Å². The first kappa shape index (κ1) is 17.1. The number of benzene rings is 1. The molecule has 1 saturated heterocycles. The highest BCUT2D eigenvalue weighted by atomic mass is 35.5. The van der Waals surface area contributed by atoms with Gasteiger partial charge in [0.05, 0.1) is 6.04 Å². The van der Waals surface area contributed by atoms with Crippen LogP contribution in [0, 0.1) is 0 Å². The van der Waals surface area contributed by atoms with Crippen LogP contribution in [0.1, 0.15) is 38.2 Å². The van der Waals surface area contributed by atoms with Crippen LogP contribution in [0.4, 0.5) is 4.79 Å². The van der Waals surface area contributed by atoms with E-state index >= 15 is 0 Å². The molecule has 0 bridgehead atoms. The highest BCUT2D eigenvalue weighted by Gasteiger charge is 2.34. The van der Waals surface area contributed by atoms with Gasteiger partial charge < -0.3 is 4.74 Å². The summed E-state index contributed by atoms with van der Waals surface area (Å²) in [4.78, 5) is 12.0. The number of hydrogen-bond acceptors (Lipinski definition) is 3. The average molecular weight is 325 g/mol. The van der Waals surface area contributed by atoms with Gasteiger partial charge in [0, 0.05) is 11.9 Å². The van der Waals surface area contributed by atoms with E-state index in [9.17, 15) is 4.79 Å². The minimum Gasteiger partial charge on any atom is -0.446 e.